The van der Waals surface area contributed by atoms with Crippen molar-refractivity contribution in [3.63, 3.8) is 0 Å². The van der Waals surface area contributed by atoms with E-state index in [4.69, 9.17) is 14.2 Å². The Kier molecular flexibility index (Phi) is 10.2. The van der Waals surface area contributed by atoms with Gasteiger partial charge in [0.05, 0.1) is 18.0 Å². The van der Waals surface area contributed by atoms with Crippen molar-refractivity contribution < 1.29 is 9.26 Å². The summed E-state index contributed by atoms with van der Waals surface area (Å²) >= 11 is 0. The summed E-state index contributed by atoms with van der Waals surface area (Å²) in [5, 5.41) is 3.94. The first kappa shape index (κ1) is 30.2. The molecule has 206 valence electrons. The van der Waals surface area contributed by atoms with E-state index in [1.807, 2.05) is 79.7 Å². The molecule has 2 aromatic heterocycles. The summed E-state index contributed by atoms with van der Waals surface area (Å²) in [4.78, 5) is 33.3. The topological polar surface area (TPSA) is 103 Å². The third-order valence-corrected chi connectivity index (χ3v) is 6.73. The molecule has 9 heteroatoms. The van der Waals surface area contributed by atoms with Gasteiger partial charge in [0, 0.05) is 17.5 Å². The van der Waals surface area contributed by atoms with Gasteiger partial charge in [-0.05, 0) is 66.8 Å². The molecule has 0 aliphatic carbocycles. The van der Waals surface area contributed by atoms with E-state index in [-0.39, 0.29) is 35.1 Å². The molecule has 8 nitrogen and oxygen atoms in total. The SMILES string of the molecule is CCCOc1ccc(-n2c(C)nc(CCC)c(Cc3ccc(-c4ccccc4)c(-c4noc(=O)[nH]4)c3)c2=O)cc1.[NaH]. The average molecular weight is 561 g/mol. The van der Waals surface area contributed by atoms with Crippen molar-refractivity contribution in [2.75, 3.05) is 6.61 Å². The van der Waals surface area contributed by atoms with Gasteiger partial charge in [0.25, 0.3) is 5.56 Å². The number of rotatable bonds is 10. The van der Waals surface area contributed by atoms with Crippen LogP contribution in [-0.2, 0) is 12.8 Å². The van der Waals surface area contributed by atoms with E-state index in [2.05, 4.69) is 24.0 Å². The molecule has 1 N–H and O–H groups in total. The van der Waals surface area contributed by atoms with E-state index in [0.29, 0.717) is 36.7 Å². The summed E-state index contributed by atoms with van der Waals surface area (Å²) in [6.45, 7) is 6.64. The average Bonchev–Trinajstić information content (AvgIpc) is 3.41. The molecule has 41 heavy (non-hydrogen) atoms. The number of hydrogen-bond donors (Lipinski definition) is 1. The molecule has 0 saturated carbocycles. The normalized spacial score (nSPS) is 10.8. The van der Waals surface area contributed by atoms with Crippen molar-refractivity contribution >= 4 is 29.6 Å². The standard InChI is InChI=1S/C32H32N4O4.Na.H/c1-4-9-29-28(31(37)36(21(3)33-29)24-13-15-25(16-14-24)39-18-5-2)20-22-12-17-26(23-10-7-6-8-11-23)27(19-22)30-34-32(38)40-35-30;;/h6-8,10-17,19H,4-5,9,18,20H2,1-3H3,(H,34,35,38);;. The molecule has 5 aromatic rings. The zero-order chi connectivity index (χ0) is 28.1. The van der Waals surface area contributed by atoms with Crippen LogP contribution >= 0.6 is 0 Å². The fraction of sp³-hybridized carbons (Fsp3) is 0.250. The van der Waals surface area contributed by atoms with Crippen LogP contribution in [0.1, 0.15) is 49.3 Å². The number of H-pyrrole nitrogens is 1. The van der Waals surface area contributed by atoms with Gasteiger partial charge in [-0.3, -0.25) is 18.9 Å². The van der Waals surface area contributed by atoms with Crippen LogP contribution in [-0.4, -0.2) is 55.9 Å². The van der Waals surface area contributed by atoms with Crippen molar-refractivity contribution in [3.05, 3.63) is 116 Å². The van der Waals surface area contributed by atoms with Gasteiger partial charge < -0.3 is 4.74 Å². The predicted octanol–water partition coefficient (Wildman–Crippen LogP) is 5.23. The molecule has 0 unspecified atom stereocenters. The molecule has 0 amide bonds. The van der Waals surface area contributed by atoms with Gasteiger partial charge >= 0.3 is 35.3 Å². The first-order valence-corrected chi connectivity index (χ1v) is 13.6. The summed E-state index contributed by atoms with van der Waals surface area (Å²) < 4.78 is 12.2. The zero-order valence-electron chi connectivity index (χ0n) is 22.9. The molecule has 5 rings (SSSR count). The number of nitrogens with one attached hydrogen (secondary N) is 1. The first-order valence-electron chi connectivity index (χ1n) is 13.6. The number of nitrogens with zero attached hydrogens (tertiary/aromatic N) is 3. The number of aryl methyl sites for hydroxylation is 2. The third-order valence-electron chi connectivity index (χ3n) is 6.73. The first-order chi connectivity index (χ1) is 19.5. The number of aromatic nitrogens is 4. The van der Waals surface area contributed by atoms with E-state index < -0.39 is 5.76 Å². The summed E-state index contributed by atoms with van der Waals surface area (Å²) in [5.74, 6) is 1.12. The Labute approximate surface area is 260 Å². The van der Waals surface area contributed by atoms with Crippen LogP contribution in [0.5, 0.6) is 5.75 Å². The molecular formula is C32H33N4NaO4. The molecule has 0 bridgehead atoms. The van der Waals surface area contributed by atoms with E-state index in [0.717, 1.165) is 52.2 Å². The van der Waals surface area contributed by atoms with Crippen LogP contribution in [0.25, 0.3) is 28.2 Å². The Morgan fingerprint density at radius 2 is 1.68 bits per heavy atom. The number of aromatic amines is 1. The second-order valence-corrected chi connectivity index (χ2v) is 9.68. The van der Waals surface area contributed by atoms with E-state index in [1.54, 1.807) is 4.57 Å². The van der Waals surface area contributed by atoms with Crippen LogP contribution in [0, 0.1) is 6.92 Å². The molecule has 0 fully saturated rings. The second kappa shape index (κ2) is 13.8. The number of ether oxygens (including phenoxy) is 1. The Morgan fingerprint density at radius 3 is 2.34 bits per heavy atom. The molecule has 2 heterocycles. The maximum absolute atomic E-state index is 14.0. The summed E-state index contributed by atoms with van der Waals surface area (Å²) in [6.07, 6.45) is 2.86. The molecule has 0 aliphatic rings. The number of benzene rings is 3. The summed E-state index contributed by atoms with van der Waals surface area (Å²) in [6, 6.07) is 23.3. The van der Waals surface area contributed by atoms with Crippen molar-refractivity contribution in [2.45, 2.75) is 46.5 Å². The zero-order valence-corrected chi connectivity index (χ0v) is 22.9. The minimum atomic E-state index is -0.624. The Balaban J connectivity index is 0.00000387. The molecule has 0 aliphatic heterocycles. The van der Waals surface area contributed by atoms with Crippen LogP contribution < -0.4 is 16.1 Å². The van der Waals surface area contributed by atoms with Gasteiger partial charge in [0.1, 0.15) is 11.6 Å². The Bertz CT molecular complexity index is 1720. The maximum atomic E-state index is 14.0. The van der Waals surface area contributed by atoms with E-state index in [1.165, 1.54) is 0 Å². The Morgan fingerprint density at radius 1 is 0.927 bits per heavy atom. The van der Waals surface area contributed by atoms with Crippen molar-refractivity contribution in [1.29, 1.82) is 0 Å². The van der Waals surface area contributed by atoms with E-state index >= 15 is 0 Å². The number of hydrogen-bond acceptors (Lipinski definition) is 6. The quantitative estimate of drug-likeness (QED) is 0.235. The predicted molar refractivity (Wildman–Crippen MR) is 162 cm³/mol. The van der Waals surface area contributed by atoms with Gasteiger partial charge in [0.2, 0.25) is 0 Å². The molecule has 0 radical (unpaired) electrons. The van der Waals surface area contributed by atoms with Gasteiger partial charge in [0.15, 0.2) is 5.82 Å². The molecule has 3 aromatic carbocycles. The fourth-order valence-electron chi connectivity index (χ4n) is 4.87. The van der Waals surface area contributed by atoms with Crippen molar-refractivity contribution in [2.24, 2.45) is 0 Å². The molecule has 0 spiro atoms. The van der Waals surface area contributed by atoms with E-state index in [9.17, 15) is 9.59 Å². The van der Waals surface area contributed by atoms with Crippen LogP contribution in [0.15, 0.2) is 86.9 Å². The Hall–Kier alpha value is -3.72. The molecule has 0 atom stereocenters. The van der Waals surface area contributed by atoms with Crippen LogP contribution in [0.4, 0.5) is 0 Å². The second-order valence-electron chi connectivity index (χ2n) is 9.68. The van der Waals surface area contributed by atoms with Crippen molar-refractivity contribution in [3.8, 4) is 34.0 Å². The minimum absolute atomic E-state index is 0. The summed E-state index contributed by atoms with van der Waals surface area (Å²) in [7, 11) is 0. The summed E-state index contributed by atoms with van der Waals surface area (Å²) in [5.41, 5.74) is 5.57. The van der Waals surface area contributed by atoms with Crippen LogP contribution in [0.3, 0.4) is 0 Å². The molecular weight excluding hydrogens is 527 g/mol. The van der Waals surface area contributed by atoms with Gasteiger partial charge in [-0.25, -0.2) is 9.78 Å². The van der Waals surface area contributed by atoms with Crippen LogP contribution in [0.2, 0.25) is 0 Å². The van der Waals surface area contributed by atoms with Crippen molar-refractivity contribution in [1.82, 2.24) is 19.7 Å². The van der Waals surface area contributed by atoms with Gasteiger partial charge in [-0.1, -0.05) is 67.9 Å². The van der Waals surface area contributed by atoms with Gasteiger partial charge in [-0.15, -0.1) is 0 Å². The fourth-order valence-corrected chi connectivity index (χ4v) is 4.87. The molecule has 0 saturated heterocycles. The third kappa shape index (κ3) is 6.78. The monoisotopic (exact) mass is 560 g/mol. The van der Waals surface area contributed by atoms with Gasteiger partial charge in [-0.2, -0.15) is 0 Å².